The highest BCUT2D eigenvalue weighted by Crippen LogP contribution is 2.30. The number of nitrogens with zero attached hydrogens (tertiary/aromatic N) is 1. The smallest absolute Gasteiger partial charge is 0.229 e. The van der Waals surface area contributed by atoms with Gasteiger partial charge in [0.15, 0.2) is 15.4 Å². The molecule has 5 nitrogen and oxygen atoms in total. The SMILES string of the molecule is Cc1ccc(N)c(-c2nc3cc(S(C)(=O)=O)ccc3o2)c1. The van der Waals surface area contributed by atoms with Crippen LogP contribution in [-0.2, 0) is 9.84 Å². The Morgan fingerprint density at radius 3 is 2.62 bits per heavy atom. The highest BCUT2D eigenvalue weighted by Gasteiger charge is 2.14. The zero-order valence-electron chi connectivity index (χ0n) is 11.6. The summed E-state index contributed by atoms with van der Waals surface area (Å²) in [5, 5.41) is 0. The van der Waals surface area contributed by atoms with Crippen LogP contribution in [0.3, 0.4) is 0 Å². The number of sulfone groups is 1. The normalized spacial score (nSPS) is 11.9. The van der Waals surface area contributed by atoms with E-state index in [0.717, 1.165) is 11.8 Å². The molecule has 0 spiro atoms. The quantitative estimate of drug-likeness (QED) is 0.736. The van der Waals surface area contributed by atoms with Crippen molar-refractivity contribution in [1.29, 1.82) is 0 Å². The fourth-order valence-electron chi connectivity index (χ4n) is 2.11. The first-order valence-corrected chi connectivity index (χ1v) is 8.21. The minimum Gasteiger partial charge on any atom is -0.436 e. The van der Waals surface area contributed by atoms with Crippen molar-refractivity contribution in [2.75, 3.05) is 12.0 Å². The minimum atomic E-state index is -3.27. The fourth-order valence-corrected chi connectivity index (χ4v) is 2.75. The molecule has 3 aromatic rings. The summed E-state index contributed by atoms with van der Waals surface area (Å²) in [6.45, 7) is 1.95. The molecule has 0 unspecified atom stereocenters. The molecule has 1 aromatic heterocycles. The summed E-state index contributed by atoms with van der Waals surface area (Å²) in [5.74, 6) is 0.386. The zero-order chi connectivity index (χ0) is 15.2. The van der Waals surface area contributed by atoms with E-state index in [2.05, 4.69) is 4.98 Å². The predicted molar refractivity (Wildman–Crippen MR) is 81.7 cm³/mol. The predicted octanol–water partition coefficient (Wildman–Crippen LogP) is 2.79. The van der Waals surface area contributed by atoms with Gasteiger partial charge >= 0.3 is 0 Å². The average molecular weight is 302 g/mol. The van der Waals surface area contributed by atoms with Crippen LogP contribution in [0.5, 0.6) is 0 Å². The van der Waals surface area contributed by atoms with E-state index < -0.39 is 9.84 Å². The minimum absolute atomic E-state index is 0.215. The van der Waals surface area contributed by atoms with Gasteiger partial charge in [-0.05, 0) is 37.3 Å². The molecule has 0 amide bonds. The summed E-state index contributed by atoms with van der Waals surface area (Å²) in [4.78, 5) is 4.56. The standard InChI is InChI=1S/C15H14N2O3S/c1-9-3-5-12(16)11(7-9)15-17-13-8-10(21(2,18)19)4-6-14(13)20-15/h3-8H,16H2,1-2H3. The number of hydrogen-bond acceptors (Lipinski definition) is 5. The Kier molecular flexibility index (Phi) is 2.98. The Bertz CT molecular complexity index is 943. The molecule has 0 saturated carbocycles. The van der Waals surface area contributed by atoms with E-state index in [0.29, 0.717) is 28.2 Å². The van der Waals surface area contributed by atoms with Gasteiger partial charge < -0.3 is 10.2 Å². The van der Waals surface area contributed by atoms with Crippen LogP contribution in [0.2, 0.25) is 0 Å². The fraction of sp³-hybridized carbons (Fsp3) is 0.133. The lowest BCUT2D eigenvalue weighted by Crippen LogP contribution is -1.96. The van der Waals surface area contributed by atoms with E-state index >= 15 is 0 Å². The van der Waals surface area contributed by atoms with Crippen molar-refractivity contribution in [2.45, 2.75) is 11.8 Å². The first kappa shape index (κ1) is 13.6. The highest BCUT2D eigenvalue weighted by atomic mass is 32.2. The van der Waals surface area contributed by atoms with Crippen molar-refractivity contribution in [1.82, 2.24) is 4.98 Å². The maximum absolute atomic E-state index is 11.6. The third-order valence-corrected chi connectivity index (χ3v) is 4.34. The number of aryl methyl sites for hydroxylation is 1. The number of nitrogens with two attached hydrogens (primary N) is 1. The molecule has 0 fully saturated rings. The molecule has 21 heavy (non-hydrogen) atoms. The summed E-state index contributed by atoms with van der Waals surface area (Å²) in [5.41, 5.74) is 9.27. The number of hydrogen-bond donors (Lipinski definition) is 1. The number of nitrogen functional groups attached to an aromatic ring is 1. The number of aromatic nitrogens is 1. The molecule has 0 aliphatic rings. The van der Waals surface area contributed by atoms with Gasteiger partial charge in [-0.15, -0.1) is 0 Å². The van der Waals surface area contributed by atoms with E-state index in [1.54, 1.807) is 12.1 Å². The summed E-state index contributed by atoms with van der Waals surface area (Å²) in [6, 6.07) is 10.2. The van der Waals surface area contributed by atoms with Gasteiger partial charge in [0, 0.05) is 11.9 Å². The molecule has 0 aliphatic carbocycles. The molecule has 108 valence electrons. The van der Waals surface area contributed by atoms with Crippen molar-refractivity contribution < 1.29 is 12.8 Å². The molecular formula is C15H14N2O3S. The Balaban J connectivity index is 2.20. The lowest BCUT2D eigenvalue weighted by atomic mass is 10.1. The van der Waals surface area contributed by atoms with Gasteiger partial charge in [0.25, 0.3) is 0 Å². The van der Waals surface area contributed by atoms with Crippen LogP contribution >= 0.6 is 0 Å². The Morgan fingerprint density at radius 2 is 1.90 bits per heavy atom. The van der Waals surface area contributed by atoms with Crippen molar-refractivity contribution >= 4 is 26.6 Å². The molecule has 0 bridgehead atoms. The van der Waals surface area contributed by atoms with E-state index in [1.165, 1.54) is 12.1 Å². The van der Waals surface area contributed by atoms with Gasteiger partial charge in [-0.2, -0.15) is 0 Å². The first-order valence-electron chi connectivity index (χ1n) is 6.32. The molecule has 6 heteroatoms. The van der Waals surface area contributed by atoms with E-state index in [1.807, 2.05) is 19.1 Å². The van der Waals surface area contributed by atoms with Crippen LogP contribution in [0.4, 0.5) is 5.69 Å². The van der Waals surface area contributed by atoms with Crippen molar-refractivity contribution in [3.05, 3.63) is 42.0 Å². The molecule has 0 saturated heterocycles. The first-order chi connectivity index (χ1) is 9.84. The van der Waals surface area contributed by atoms with Crippen LogP contribution in [0.25, 0.3) is 22.6 Å². The molecule has 3 rings (SSSR count). The Hall–Kier alpha value is -2.34. The largest absolute Gasteiger partial charge is 0.436 e. The molecule has 0 atom stereocenters. The molecule has 0 radical (unpaired) electrons. The summed E-state index contributed by atoms with van der Waals surface area (Å²) in [7, 11) is -3.27. The molecule has 2 N–H and O–H groups in total. The average Bonchev–Trinajstić information content (AvgIpc) is 2.83. The van der Waals surface area contributed by atoms with Gasteiger partial charge in [0.2, 0.25) is 5.89 Å². The van der Waals surface area contributed by atoms with Crippen LogP contribution in [0.1, 0.15) is 5.56 Å². The van der Waals surface area contributed by atoms with E-state index in [9.17, 15) is 8.42 Å². The highest BCUT2D eigenvalue weighted by molar-refractivity contribution is 7.90. The number of benzene rings is 2. The third-order valence-electron chi connectivity index (χ3n) is 3.23. The van der Waals surface area contributed by atoms with Crippen molar-refractivity contribution in [3.63, 3.8) is 0 Å². The van der Waals surface area contributed by atoms with Gasteiger partial charge in [-0.25, -0.2) is 13.4 Å². The summed E-state index contributed by atoms with van der Waals surface area (Å²) in [6.07, 6.45) is 1.16. The zero-order valence-corrected chi connectivity index (χ0v) is 12.4. The second-order valence-corrected chi connectivity index (χ2v) is 7.03. The number of oxazole rings is 1. The Morgan fingerprint density at radius 1 is 1.14 bits per heavy atom. The van der Waals surface area contributed by atoms with Crippen molar-refractivity contribution in [2.24, 2.45) is 0 Å². The Labute approximate surface area is 122 Å². The van der Waals surface area contributed by atoms with E-state index in [-0.39, 0.29) is 4.90 Å². The lowest BCUT2D eigenvalue weighted by Gasteiger charge is -2.01. The van der Waals surface area contributed by atoms with E-state index in [4.69, 9.17) is 10.2 Å². The van der Waals surface area contributed by atoms with Gasteiger partial charge in [0.05, 0.1) is 10.5 Å². The lowest BCUT2D eigenvalue weighted by molar-refractivity contribution is 0.602. The van der Waals surface area contributed by atoms with Crippen LogP contribution in [0.15, 0.2) is 45.7 Å². The maximum Gasteiger partial charge on any atom is 0.229 e. The van der Waals surface area contributed by atoms with Crippen molar-refractivity contribution in [3.8, 4) is 11.5 Å². The number of fused-ring (bicyclic) bond motifs is 1. The monoisotopic (exact) mass is 302 g/mol. The molecule has 1 heterocycles. The van der Waals surface area contributed by atoms with Crippen LogP contribution in [0, 0.1) is 6.92 Å². The summed E-state index contributed by atoms with van der Waals surface area (Å²) < 4.78 is 28.8. The second-order valence-electron chi connectivity index (χ2n) is 5.01. The third kappa shape index (κ3) is 2.50. The van der Waals surface area contributed by atoms with Gasteiger partial charge in [0.1, 0.15) is 5.52 Å². The van der Waals surface area contributed by atoms with Crippen LogP contribution in [-0.4, -0.2) is 19.7 Å². The molecular weight excluding hydrogens is 288 g/mol. The number of rotatable bonds is 2. The van der Waals surface area contributed by atoms with Crippen LogP contribution < -0.4 is 5.73 Å². The topological polar surface area (TPSA) is 86.2 Å². The summed E-state index contributed by atoms with van der Waals surface area (Å²) >= 11 is 0. The maximum atomic E-state index is 11.6. The number of anilines is 1. The second kappa shape index (κ2) is 4.60. The van der Waals surface area contributed by atoms with Gasteiger partial charge in [-0.1, -0.05) is 11.6 Å². The van der Waals surface area contributed by atoms with Gasteiger partial charge in [-0.3, -0.25) is 0 Å². The molecule has 2 aromatic carbocycles. The molecule has 0 aliphatic heterocycles.